The smallest absolute Gasteiger partial charge is 0.130 e. The van der Waals surface area contributed by atoms with Gasteiger partial charge in [0.15, 0.2) is 0 Å². The second-order valence-electron chi connectivity index (χ2n) is 4.42. The number of halogens is 1. The maximum Gasteiger partial charge on any atom is 0.130 e. The Morgan fingerprint density at radius 2 is 2.05 bits per heavy atom. The lowest BCUT2D eigenvalue weighted by Crippen LogP contribution is -2.04. The number of methoxy groups -OCH3 is 1. The summed E-state index contributed by atoms with van der Waals surface area (Å²) in [6.45, 7) is 0.839. The molecular weight excluding hydrogens is 273 g/mol. The highest BCUT2D eigenvalue weighted by Crippen LogP contribution is 2.26. The molecule has 0 amide bonds. The lowest BCUT2D eigenvalue weighted by molar-refractivity contribution is 0.411. The van der Waals surface area contributed by atoms with Crippen LogP contribution in [0, 0.1) is 5.82 Å². The maximum absolute atomic E-state index is 13.8. The van der Waals surface area contributed by atoms with Crippen molar-refractivity contribution in [2.24, 2.45) is 0 Å². The van der Waals surface area contributed by atoms with Gasteiger partial charge in [-0.05, 0) is 36.4 Å². The van der Waals surface area contributed by atoms with Gasteiger partial charge in [-0.1, -0.05) is 18.2 Å². The standard InChI is InChI=1S/C16H18FNOS/c1-18-10-12-4-3-5-15(8-12)20-11-13-6-7-14(19-2)9-16(13)17/h3-9,18H,10-11H2,1-2H3. The predicted molar refractivity (Wildman–Crippen MR) is 81.7 cm³/mol. The summed E-state index contributed by atoms with van der Waals surface area (Å²) in [5.74, 6) is 0.939. The highest BCUT2D eigenvalue weighted by atomic mass is 32.2. The first-order chi connectivity index (χ1) is 9.72. The molecule has 0 bridgehead atoms. The van der Waals surface area contributed by atoms with Crippen LogP contribution in [0.2, 0.25) is 0 Å². The summed E-state index contributed by atoms with van der Waals surface area (Å²) < 4.78 is 18.8. The van der Waals surface area contributed by atoms with E-state index in [1.165, 1.54) is 18.7 Å². The van der Waals surface area contributed by atoms with Crippen molar-refractivity contribution in [3.63, 3.8) is 0 Å². The fourth-order valence-electron chi connectivity index (χ4n) is 1.88. The molecule has 0 unspecified atom stereocenters. The first kappa shape index (κ1) is 14.9. The molecule has 20 heavy (non-hydrogen) atoms. The average Bonchev–Trinajstić information content (AvgIpc) is 2.46. The third-order valence-electron chi connectivity index (χ3n) is 2.93. The lowest BCUT2D eigenvalue weighted by Gasteiger charge is -2.07. The number of thioether (sulfide) groups is 1. The van der Waals surface area contributed by atoms with E-state index >= 15 is 0 Å². The molecule has 0 heterocycles. The van der Waals surface area contributed by atoms with Crippen molar-refractivity contribution in [3.8, 4) is 5.75 Å². The minimum Gasteiger partial charge on any atom is -0.497 e. The zero-order valence-corrected chi connectivity index (χ0v) is 12.5. The van der Waals surface area contributed by atoms with Gasteiger partial charge >= 0.3 is 0 Å². The van der Waals surface area contributed by atoms with Crippen molar-refractivity contribution in [1.29, 1.82) is 0 Å². The highest BCUT2D eigenvalue weighted by Gasteiger charge is 2.05. The first-order valence-electron chi connectivity index (χ1n) is 6.41. The van der Waals surface area contributed by atoms with Crippen molar-refractivity contribution in [3.05, 3.63) is 59.4 Å². The zero-order valence-electron chi connectivity index (χ0n) is 11.7. The van der Waals surface area contributed by atoms with Crippen LogP contribution in [0.5, 0.6) is 5.75 Å². The van der Waals surface area contributed by atoms with Gasteiger partial charge in [0, 0.05) is 23.3 Å². The van der Waals surface area contributed by atoms with Crippen LogP contribution in [-0.2, 0) is 12.3 Å². The summed E-state index contributed by atoms with van der Waals surface area (Å²) in [5.41, 5.74) is 1.92. The Morgan fingerprint density at radius 3 is 2.75 bits per heavy atom. The second-order valence-corrected chi connectivity index (χ2v) is 5.47. The Kier molecular flexibility index (Phi) is 5.44. The SMILES string of the molecule is CNCc1cccc(SCc2ccc(OC)cc2F)c1. The largest absolute Gasteiger partial charge is 0.497 e. The van der Waals surface area contributed by atoms with Crippen LogP contribution in [0.3, 0.4) is 0 Å². The summed E-state index contributed by atoms with van der Waals surface area (Å²) in [4.78, 5) is 1.15. The molecule has 2 rings (SSSR count). The Morgan fingerprint density at radius 1 is 1.20 bits per heavy atom. The molecule has 0 aliphatic rings. The fraction of sp³-hybridized carbons (Fsp3) is 0.250. The number of rotatable bonds is 6. The summed E-state index contributed by atoms with van der Waals surface area (Å²) in [5, 5.41) is 3.12. The van der Waals surface area contributed by atoms with Crippen LogP contribution in [0.1, 0.15) is 11.1 Å². The molecule has 0 spiro atoms. The predicted octanol–water partition coefficient (Wildman–Crippen LogP) is 3.85. The first-order valence-corrected chi connectivity index (χ1v) is 7.40. The molecule has 2 nitrogen and oxygen atoms in total. The van der Waals surface area contributed by atoms with Crippen LogP contribution in [-0.4, -0.2) is 14.2 Å². The van der Waals surface area contributed by atoms with E-state index in [1.54, 1.807) is 23.9 Å². The molecule has 0 atom stereocenters. The molecule has 0 radical (unpaired) electrons. The molecular formula is C16H18FNOS. The van der Waals surface area contributed by atoms with Crippen molar-refractivity contribution >= 4 is 11.8 Å². The molecule has 106 valence electrons. The van der Waals surface area contributed by atoms with Crippen LogP contribution < -0.4 is 10.1 Å². The molecule has 4 heteroatoms. The molecule has 2 aromatic rings. The van der Waals surface area contributed by atoms with Crippen molar-refractivity contribution in [2.45, 2.75) is 17.2 Å². The van der Waals surface area contributed by atoms with E-state index in [2.05, 4.69) is 17.4 Å². The van der Waals surface area contributed by atoms with Gasteiger partial charge in [-0.3, -0.25) is 0 Å². The van der Waals surface area contributed by atoms with E-state index in [1.807, 2.05) is 19.2 Å². The third-order valence-corrected chi connectivity index (χ3v) is 3.98. The van der Waals surface area contributed by atoms with Gasteiger partial charge in [-0.2, -0.15) is 0 Å². The number of hydrogen-bond acceptors (Lipinski definition) is 3. The molecule has 2 aromatic carbocycles. The van der Waals surface area contributed by atoms with E-state index in [4.69, 9.17) is 4.74 Å². The van der Waals surface area contributed by atoms with Gasteiger partial charge in [-0.25, -0.2) is 4.39 Å². The minimum atomic E-state index is -0.219. The van der Waals surface area contributed by atoms with E-state index in [-0.39, 0.29) is 5.82 Å². The molecule has 0 saturated carbocycles. The molecule has 1 N–H and O–H groups in total. The molecule has 0 fully saturated rings. The van der Waals surface area contributed by atoms with Crippen molar-refractivity contribution in [1.82, 2.24) is 5.32 Å². The number of benzene rings is 2. The Hall–Kier alpha value is -1.52. The van der Waals surface area contributed by atoms with E-state index < -0.39 is 0 Å². The summed E-state index contributed by atoms with van der Waals surface area (Å²) in [7, 11) is 3.46. The van der Waals surface area contributed by atoms with Gasteiger partial charge in [0.25, 0.3) is 0 Å². The number of nitrogens with one attached hydrogen (secondary N) is 1. The number of ether oxygens (including phenoxy) is 1. The third kappa shape index (κ3) is 3.99. The van der Waals surface area contributed by atoms with E-state index in [9.17, 15) is 4.39 Å². The fourth-order valence-corrected chi connectivity index (χ4v) is 2.85. The molecule has 0 aliphatic carbocycles. The van der Waals surface area contributed by atoms with Crippen molar-refractivity contribution < 1.29 is 9.13 Å². The van der Waals surface area contributed by atoms with Gasteiger partial charge in [0.2, 0.25) is 0 Å². The molecule has 0 aliphatic heterocycles. The van der Waals surface area contributed by atoms with Gasteiger partial charge in [0.05, 0.1) is 7.11 Å². The zero-order chi connectivity index (χ0) is 14.4. The minimum absolute atomic E-state index is 0.219. The molecule has 0 aromatic heterocycles. The summed E-state index contributed by atoms with van der Waals surface area (Å²) in [6, 6.07) is 13.3. The van der Waals surface area contributed by atoms with E-state index in [0.29, 0.717) is 17.1 Å². The monoisotopic (exact) mass is 291 g/mol. The summed E-state index contributed by atoms with van der Waals surface area (Å²) >= 11 is 1.63. The second kappa shape index (κ2) is 7.31. The van der Waals surface area contributed by atoms with E-state index in [0.717, 1.165) is 11.4 Å². The normalized spacial score (nSPS) is 10.6. The van der Waals surface area contributed by atoms with Crippen LogP contribution in [0.4, 0.5) is 4.39 Å². The quantitative estimate of drug-likeness (QED) is 0.817. The van der Waals surface area contributed by atoms with Gasteiger partial charge < -0.3 is 10.1 Å². The van der Waals surface area contributed by atoms with Gasteiger partial charge in [0.1, 0.15) is 11.6 Å². The topological polar surface area (TPSA) is 21.3 Å². The average molecular weight is 291 g/mol. The Labute approximate surface area is 123 Å². The Balaban J connectivity index is 2.03. The van der Waals surface area contributed by atoms with Crippen LogP contribution in [0.25, 0.3) is 0 Å². The number of hydrogen-bond donors (Lipinski definition) is 1. The van der Waals surface area contributed by atoms with Gasteiger partial charge in [-0.15, -0.1) is 11.8 Å². The molecule has 0 saturated heterocycles. The maximum atomic E-state index is 13.8. The lowest BCUT2D eigenvalue weighted by atomic mass is 10.2. The Bertz CT molecular complexity index is 574. The van der Waals surface area contributed by atoms with Crippen molar-refractivity contribution in [2.75, 3.05) is 14.2 Å². The summed E-state index contributed by atoms with van der Waals surface area (Å²) in [6.07, 6.45) is 0. The highest BCUT2D eigenvalue weighted by molar-refractivity contribution is 7.98. The van der Waals surface area contributed by atoms with Crippen LogP contribution in [0.15, 0.2) is 47.4 Å². The van der Waals surface area contributed by atoms with Crippen LogP contribution >= 0.6 is 11.8 Å².